The molecule has 6 heteroatoms. The van der Waals surface area contributed by atoms with Crippen LogP contribution in [0.2, 0.25) is 0 Å². The van der Waals surface area contributed by atoms with E-state index in [9.17, 15) is 19.5 Å². The van der Waals surface area contributed by atoms with Gasteiger partial charge in [-0.2, -0.15) is 0 Å². The third-order valence-corrected chi connectivity index (χ3v) is 4.62. The second-order valence-electron chi connectivity index (χ2n) is 7.15. The molecule has 0 aliphatic carbocycles. The number of anilines is 1. The zero-order valence-corrected chi connectivity index (χ0v) is 15.2. The summed E-state index contributed by atoms with van der Waals surface area (Å²) in [5, 5.41) is 11.7. The summed E-state index contributed by atoms with van der Waals surface area (Å²) in [6.07, 6.45) is 0.390. The lowest BCUT2D eigenvalue weighted by Gasteiger charge is -2.20. The smallest absolute Gasteiger partial charge is 0.326 e. The molecule has 1 aromatic rings. The molecule has 1 aromatic carbocycles. The van der Waals surface area contributed by atoms with E-state index in [1.165, 1.54) is 5.56 Å². The van der Waals surface area contributed by atoms with Gasteiger partial charge in [0.15, 0.2) is 0 Å². The van der Waals surface area contributed by atoms with E-state index >= 15 is 0 Å². The van der Waals surface area contributed by atoms with Crippen molar-refractivity contribution in [2.75, 3.05) is 11.4 Å². The lowest BCUT2D eigenvalue weighted by Crippen LogP contribution is -2.48. The van der Waals surface area contributed by atoms with Crippen molar-refractivity contribution in [2.24, 2.45) is 11.8 Å². The van der Waals surface area contributed by atoms with Crippen molar-refractivity contribution in [3.8, 4) is 0 Å². The molecule has 0 aromatic heterocycles. The van der Waals surface area contributed by atoms with Crippen LogP contribution in [0, 0.1) is 11.8 Å². The minimum Gasteiger partial charge on any atom is -0.480 e. The SMILES string of the molecule is CC(C)c1ccc(N2CCC(C(=O)NC(C(=O)O)C(C)C)C2=O)cc1. The number of benzene rings is 1. The van der Waals surface area contributed by atoms with Crippen LogP contribution in [0.5, 0.6) is 0 Å². The summed E-state index contributed by atoms with van der Waals surface area (Å²) >= 11 is 0. The quantitative estimate of drug-likeness (QED) is 0.774. The van der Waals surface area contributed by atoms with Crippen molar-refractivity contribution in [1.82, 2.24) is 5.32 Å². The maximum Gasteiger partial charge on any atom is 0.326 e. The van der Waals surface area contributed by atoms with Crippen LogP contribution >= 0.6 is 0 Å². The molecular weight excluding hydrogens is 320 g/mol. The van der Waals surface area contributed by atoms with Gasteiger partial charge in [-0.25, -0.2) is 4.79 Å². The molecular formula is C19H26N2O4. The minimum atomic E-state index is -1.09. The van der Waals surface area contributed by atoms with E-state index in [-0.39, 0.29) is 11.8 Å². The molecule has 1 heterocycles. The highest BCUT2D eigenvalue weighted by Gasteiger charge is 2.39. The molecule has 0 spiro atoms. The Kier molecular flexibility index (Phi) is 5.82. The van der Waals surface area contributed by atoms with Crippen LogP contribution in [0.25, 0.3) is 0 Å². The lowest BCUT2D eigenvalue weighted by molar-refractivity contribution is -0.144. The van der Waals surface area contributed by atoms with Gasteiger partial charge in [0.2, 0.25) is 11.8 Å². The van der Waals surface area contributed by atoms with E-state index in [2.05, 4.69) is 19.2 Å². The fraction of sp³-hybridized carbons (Fsp3) is 0.526. The zero-order chi connectivity index (χ0) is 18.7. The van der Waals surface area contributed by atoms with Crippen LogP contribution < -0.4 is 10.2 Å². The van der Waals surface area contributed by atoms with Gasteiger partial charge in [0.1, 0.15) is 12.0 Å². The molecule has 1 fully saturated rings. The molecule has 0 radical (unpaired) electrons. The number of carbonyl (C=O) groups is 3. The van der Waals surface area contributed by atoms with Crippen molar-refractivity contribution in [2.45, 2.75) is 46.1 Å². The second kappa shape index (κ2) is 7.68. The molecule has 2 atom stereocenters. The standard InChI is InChI=1S/C19H26N2O4/c1-11(2)13-5-7-14(8-6-13)21-10-9-15(18(21)23)17(22)20-16(12(3)4)19(24)25/h5-8,11-12,15-16H,9-10H2,1-4H3,(H,20,22)(H,24,25). The molecule has 1 saturated heterocycles. The molecule has 2 amide bonds. The van der Waals surface area contributed by atoms with Crippen LogP contribution in [-0.2, 0) is 14.4 Å². The van der Waals surface area contributed by atoms with E-state index in [1.807, 2.05) is 24.3 Å². The Balaban J connectivity index is 2.08. The van der Waals surface area contributed by atoms with E-state index < -0.39 is 23.8 Å². The topological polar surface area (TPSA) is 86.7 Å². The first-order chi connectivity index (χ1) is 11.7. The number of rotatable bonds is 6. The summed E-state index contributed by atoms with van der Waals surface area (Å²) in [6, 6.07) is 6.77. The number of nitrogens with one attached hydrogen (secondary N) is 1. The number of carboxylic acid groups (broad SMARTS) is 1. The fourth-order valence-corrected chi connectivity index (χ4v) is 2.99. The highest BCUT2D eigenvalue weighted by Crippen LogP contribution is 2.27. The summed E-state index contributed by atoms with van der Waals surface area (Å²) in [5.74, 6) is -2.54. The van der Waals surface area contributed by atoms with Crippen molar-refractivity contribution in [3.05, 3.63) is 29.8 Å². The highest BCUT2D eigenvalue weighted by molar-refractivity contribution is 6.10. The van der Waals surface area contributed by atoms with Crippen LogP contribution in [0.3, 0.4) is 0 Å². The number of nitrogens with zero attached hydrogens (tertiary/aromatic N) is 1. The Bertz CT molecular complexity index is 652. The number of hydrogen-bond acceptors (Lipinski definition) is 3. The van der Waals surface area contributed by atoms with Gasteiger partial charge in [0.05, 0.1) is 0 Å². The maximum atomic E-state index is 12.6. The van der Waals surface area contributed by atoms with Crippen LogP contribution in [-0.4, -0.2) is 35.5 Å². The molecule has 1 aliphatic rings. The van der Waals surface area contributed by atoms with Crippen LogP contribution in [0.15, 0.2) is 24.3 Å². The van der Waals surface area contributed by atoms with Crippen molar-refractivity contribution < 1.29 is 19.5 Å². The Hall–Kier alpha value is -2.37. The normalized spacial score (nSPS) is 18.7. The van der Waals surface area contributed by atoms with Crippen molar-refractivity contribution >= 4 is 23.5 Å². The van der Waals surface area contributed by atoms with Crippen molar-refractivity contribution in [1.29, 1.82) is 0 Å². The molecule has 2 rings (SSSR count). The predicted molar refractivity (Wildman–Crippen MR) is 95.4 cm³/mol. The number of hydrogen-bond donors (Lipinski definition) is 2. The average molecular weight is 346 g/mol. The lowest BCUT2D eigenvalue weighted by atomic mass is 10.0. The van der Waals surface area contributed by atoms with Gasteiger partial charge in [-0.15, -0.1) is 0 Å². The number of aliphatic carboxylic acids is 1. The second-order valence-corrected chi connectivity index (χ2v) is 7.15. The molecule has 1 aliphatic heterocycles. The van der Waals surface area contributed by atoms with Gasteiger partial charge in [-0.05, 0) is 36.0 Å². The first kappa shape index (κ1) is 19.0. The number of carbonyl (C=O) groups excluding carboxylic acids is 2. The first-order valence-electron chi connectivity index (χ1n) is 8.67. The van der Waals surface area contributed by atoms with E-state index in [0.29, 0.717) is 18.9 Å². The maximum absolute atomic E-state index is 12.6. The third kappa shape index (κ3) is 4.18. The number of amides is 2. The third-order valence-electron chi connectivity index (χ3n) is 4.62. The van der Waals surface area contributed by atoms with Gasteiger partial charge < -0.3 is 15.3 Å². The molecule has 0 saturated carbocycles. The van der Waals surface area contributed by atoms with Gasteiger partial charge in [-0.3, -0.25) is 9.59 Å². The summed E-state index contributed by atoms with van der Waals surface area (Å²) in [5.41, 5.74) is 1.95. The summed E-state index contributed by atoms with van der Waals surface area (Å²) in [4.78, 5) is 37.8. The van der Waals surface area contributed by atoms with E-state index in [1.54, 1.807) is 18.7 Å². The Morgan fingerprint density at radius 3 is 2.24 bits per heavy atom. The van der Waals surface area contributed by atoms with E-state index in [4.69, 9.17) is 0 Å². The van der Waals surface area contributed by atoms with Crippen LogP contribution in [0.1, 0.15) is 45.6 Å². The highest BCUT2D eigenvalue weighted by atomic mass is 16.4. The van der Waals surface area contributed by atoms with E-state index in [0.717, 1.165) is 5.69 Å². The van der Waals surface area contributed by atoms with Gasteiger partial charge in [0.25, 0.3) is 0 Å². The predicted octanol–water partition coefficient (Wildman–Crippen LogP) is 2.39. The first-order valence-corrected chi connectivity index (χ1v) is 8.67. The minimum absolute atomic E-state index is 0.252. The Morgan fingerprint density at radius 2 is 1.76 bits per heavy atom. The fourth-order valence-electron chi connectivity index (χ4n) is 2.99. The van der Waals surface area contributed by atoms with Crippen molar-refractivity contribution in [3.63, 3.8) is 0 Å². The van der Waals surface area contributed by atoms with Crippen LogP contribution in [0.4, 0.5) is 5.69 Å². The van der Waals surface area contributed by atoms with Gasteiger partial charge in [-0.1, -0.05) is 39.8 Å². The van der Waals surface area contributed by atoms with Gasteiger partial charge in [0, 0.05) is 12.2 Å². The molecule has 25 heavy (non-hydrogen) atoms. The summed E-state index contributed by atoms with van der Waals surface area (Å²) < 4.78 is 0. The van der Waals surface area contributed by atoms with Gasteiger partial charge >= 0.3 is 5.97 Å². The molecule has 2 unspecified atom stereocenters. The zero-order valence-electron chi connectivity index (χ0n) is 15.2. The molecule has 2 N–H and O–H groups in total. The summed E-state index contributed by atoms with van der Waals surface area (Å²) in [6.45, 7) is 8.10. The monoisotopic (exact) mass is 346 g/mol. The summed E-state index contributed by atoms with van der Waals surface area (Å²) in [7, 11) is 0. The molecule has 6 nitrogen and oxygen atoms in total. The number of carboxylic acids is 1. The Labute approximate surface area is 148 Å². The molecule has 0 bridgehead atoms. The Morgan fingerprint density at radius 1 is 1.16 bits per heavy atom. The average Bonchev–Trinajstić information content (AvgIpc) is 2.93. The largest absolute Gasteiger partial charge is 0.480 e. The molecule has 136 valence electrons.